The number of halogens is 1. The lowest BCUT2D eigenvalue weighted by molar-refractivity contribution is 0.114. The molecule has 2 atom stereocenters. The van der Waals surface area contributed by atoms with Crippen molar-refractivity contribution in [3.8, 4) is 0 Å². The molecule has 1 saturated heterocycles. The SMILES string of the molecule is CC1CCOC1CBr. The van der Waals surface area contributed by atoms with Gasteiger partial charge >= 0.3 is 0 Å². The molecule has 0 saturated carbocycles. The van der Waals surface area contributed by atoms with Crippen LogP contribution in [0.5, 0.6) is 0 Å². The molecule has 0 radical (unpaired) electrons. The summed E-state index contributed by atoms with van der Waals surface area (Å²) in [5.41, 5.74) is 0. The lowest BCUT2D eigenvalue weighted by Gasteiger charge is -2.08. The van der Waals surface area contributed by atoms with Crippen molar-refractivity contribution in [1.82, 2.24) is 0 Å². The Bertz CT molecular complexity index is 74.9. The van der Waals surface area contributed by atoms with E-state index in [1.807, 2.05) is 0 Å². The van der Waals surface area contributed by atoms with Crippen LogP contribution in [0.3, 0.4) is 0 Å². The highest BCUT2D eigenvalue weighted by atomic mass is 79.9. The molecule has 2 unspecified atom stereocenters. The molecule has 0 spiro atoms. The van der Waals surface area contributed by atoms with Crippen molar-refractivity contribution in [2.24, 2.45) is 5.92 Å². The number of hydrogen-bond donors (Lipinski definition) is 0. The molecule has 1 aliphatic heterocycles. The smallest absolute Gasteiger partial charge is 0.0698 e. The van der Waals surface area contributed by atoms with E-state index in [-0.39, 0.29) is 0 Å². The zero-order valence-electron chi connectivity index (χ0n) is 5.06. The van der Waals surface area contributed by atoms with Crippen molar-refractivity contribution < 1.29 is 4.74 Å². The second-order valence-corrected chi connectivity index (χ2v) is 2.98. The minimum atomic E-state index is 0.481. The lowest BCUT2D eigenvalue weighted by atomic mass is 10.1. The average Bonchev–Trinajstić information content (AvgIpc) is 2.14. The van der Waals surface area contributed by atoms with Crippen molar-refractivity contribution in [3.05, 3.63) is 0 Å². The Labute approximate surface area is 58.5 Å². The summed E-state index contributed by atoms with van der Waals surface area (Å²) in [4.78, 5) is 0. The summed E-state index contributed by atoms with van der Waals surface area (Å²) in [6, 6.07) is 0. The minimum absolute atomic E-state index is 0.481. The normalized spacial score (nSPS) is 38.2. The van der Waals surface area contributed by atoms with Gasteiger partial charge in [0.2, 0.25) is 0 Å². The van der Waals surface area contributed by atoms with Gasteiger partial charge in [0.25, 0.3) is 0 Å². The van der Waals surface area contributed by atoms with Gasteiger partial charge in [-0.25, -0.2) is 0 Å². The fourth-order valence-electron chi connectivity index (χ4n) is 0.952. The first-order valence-electron chi connectivity index (χ1n) is 3.02. The molecule has 48 valence electrons. The van der Waals surface area contributed by atoms with Gasteiger partial charge in [0, 0.05) is 11.9 Å². The molecular formula is C6H11BrO. The topological polar surface area (TPSA) is 9.23 Å². The van der Waals surface area contributed by atoms with Crippen molar-refractivity contribution in [2.45, 2.75) is 19.4 Å². The van der Waals surface area contributed by atoms with Crippen molar-refractivity contribution in [3.63, 3.8) is 0 Å². The Hall–Kier alpha value is 0.440. The van der Waals surface area contributed by atoms with Crippen LogP contribution < -0.4 is 0 Å². The van der Waals surface area contributed by atoms with E-state index in [1.165, 1.54) is 6.42 Å². The minimum Gasteiger partial charge on any atom is -0.377 e. The van der Waals surface area contributed by atoms with Gasteiger partial charge in [-0.15, -0.1) is 0 Å². The van der Waals surface area contributed by atoms with Crippen LogP contribution in [-0.2, 0) is 4.74 Å². The summed E-state index contributed by atoms with van der Waals surface area (Å²) >= 11 is 3.39. The summed E-state index contributed by atoms with van der Waals surface area (Å²) in [5.74, 6) is 0.759. The maximum absolute atomic E-state index is 5.37. The second-order valence-electron chi connectivity index (χ2n) is 2.33. The number of alkyl halides is 1. The molecule has 8 heavy (non-hydrogen) atoms. The maximum atomic E-state index is 5.37. The Morgan fingerprint density at radius 2 is 2.50 bits per heavy atom. The van der Waals surface area contributed by atoms with Crippen LogP contribution in [-0.4, -0.2) is 18.0 Å². The first-order chi connectivity index (χ1) is 3.84. The first kappa shape index (κ1) is 6.56. The van der Waals surface area contributed by atoms with Crippen LogP contribution in [0.1, 0.15) is 13.3 Å². The summed E-state index contributed by atoms with van der Waals surface area (Å²) < 4.78 is 5.37. The third-order valence-electron chi connectivity index (χ3n) is 1.69. The van der Waals surface area contributed by atoms with Crippen LogP contribution in [0.25, 0.3) is 0 Å². The van der Waals surface area contributed by atoms with Gasteiger partial charge in [0.05, 0.1) is 6.10 Å². The van der Waals surface area contributed by atoms with Gasteiger partial charge in [-0.3, -0.25) is 0 Å². The van der Waals surface area contributed by atoms with Gasteiger partial charge in [-0.05, 0) is 12.3 Å². The number of ether oxygens (including phenoxy) is 1. The lowest BCUT2D eigenvalue weighted by Crippen LogP contribution is -2.13. The van der Waals surface area contributed by atoms with Crippen LogP contribution in [0.2, 0.25) is 0 Å². The summed E-state index contributed by atoms with van der Waals surface area (Å²) in [7, 11) is 0. The molecule has 1 rings (SSSR count). The monoisotopic (exact) mass is 178 g/mol. The molecule has 2 heteroatoms. The van der Waals surface area contributed by atoms with E-state index >= 15 is 0 Å². The van der Waals surface area contributed by atoms with Gasteiger partial charge in [-0.2, -0.15) is 0 Å². The second kappa shape index (κ2) is 2.83. The van der Waals surface area contributed by atoms with E-state index in [2.05, 4.69) is 22.9 Å². The predicted molar refractivity (Wildman–Crippen MR) is 37.3 cm³/mol. The fraction of sp³-hybridized carbons (Fsp3) is 1.00. The Morgan fingerprint density at radius 3 is 2.75 bits per heavy atom. The first-order valence-corrected chi connectivity index (χ1v) is 4.14. The molecule has 0 aliphatic carbocycles. The summed E-state index contributed by atoms with van der Waals surface area (Å²) in [5, 5.41) is 0.994. The Balaban J connectivity index is 2.30. The van der Waals surface area contributed by atoms with E-state index in [1.54, 1.807) is 0 Å². The van der Waals surface area contributed by atoms with E-state index < -0.39 is 0 Å². The van der Waals surface area contributed by atoms with Gasteiger partial charge in [-0.1, -0.05) is 22.9 Å². The average molecular weight is 179 g/mol. The van der Waals surface area contributed by atoms with Gasteiger partial charge in [0.1, 0.15) is 0 Å². The molecular weight excluding hydrogens is 168 g/mol. The molecule has 1 fully saturated rings. The molecule has 0 aromatic rings. The van der Waals surface area contributed by atoms with Gasteiger partial charge in [0.15, 0.2) is 0 Å². The van der Waals surface area contributed by atoms with E-state index in [4.69, 9.17) is 4.74 Å². The Kier molecular flexibility index (Phi) is 2.32. The largest absolute Gasteiger partial charge is 0.377 e. The predicted octanol–water partition coefficient (Wildman–Crippen LogP) is 1.81. The molecule has 1 heterocycles. The van der Waals surface area contributed by atoms with Crippen molar-refractivity contribution in [1.29, 1.82) is 0 Å². The third-order valence-corrected chi connectivity index (χ3v) is 2.33. The van der Waals surface area contributed by atoms with E-state index in [9.17, 15) is 0 Å². The maximum Gasteiger partial charge on any atom is 0.0698 e. The molecule has 0 N–H and O–H groups in total. The van der Waals surface area contributed by atoms with Gasteiger partial charge < -0.3 is 4.74 Å². The highest BCUT2D eigenvalue weighted by molar-refractivity contribution is 9.09. The zero-order chi connectivity index (χ0) is 5.98. The fourth-order valence-corrected chi connectivity index (χ4v) is 1.78. The third kappa shape index (κ3) is 1.23. The quantitative estimate of drug-likeness (QED) is 0.557. The molecule has 0 aromatic carbocycles. The molecule has 0 bridgehead atoms. The van der Waals surface area contributed by atoms with Crippen molar-refractivity contribution in [2.75, 3.05) is 11.9 Å². The Morgan fingerprint density at radius 1 is 1.75 bits per heavy atom. The zero-order valence-corrected chi connectivity index (χ0v) is 6.65. The molecule has 1 nitrogen and oxygen atoms in total. The highest BCUT2D eigenvalue weighted by Crippen LogP contribution is 2.20. The van der Waals surface area contributed by atoms with Crippen LogP contribution in [0, 0.1) is 5.92 Å². The number of rotatable bonds is 1. The van der Waals surface area contributed by atoms with Crippen LogP contribution in [0.4, 0.5) is 0 Å². The highest BCUT2D eigenvalue weighted by Gasteiger charge is 2.22. The molecule has 0 aromatic heterocycles. The van der Waals surface area contributed by atoms with E-state index in [0.29, 0.717) is 6.10 Å². The molecule has 1 aliphatic rings. The summed E-state index contributed by atoms with van der Waals surface area (Å²) in [6.45, 7) is 3.19. The van der Waals surface area contributed by atoms with Crippen LogP contribution >= 0.6 is 15.9 Å². The number of hydrogen-bond acceptors (Lipinski definition) is 1. The van der Waals surface area contributed by atoms with Crippen molar-refractivity contribution >= 4 is 15.9 Å². The van der Waals surface area contributed by atoms with E-state index in [0.717, 1.165) is 17.9 Å². The standard InChI is InChI=1S/C6H11BrO/c1-5-2-3-8-6(5)4-7/h5-6H,2-4H2,1H3. The summed E-state index contributed by atoms with van der Waals surface area (Å²) in [6.07, 6.45) is 1.71. The molecule has 0 amide bonds. The van der Waals surface area contributed by atoms with Crippen LogP contribution in [0.15, 0.2) is 0 Å².